The zero-order chi connectivity index (χ0) is 16.3. The lowest BCUT2D eigenvalue weighted by Crippen LogP contribution is -2.39. The minimum absolute atomic E-state index is 0.201. The van der Waals surface area contributed by atoms with Gasteiger partial charge in [0.15, 0.2) is 5.03 Å². The van der Waals surface area contributed by atoms with Gasteiger partial charge in [-0.1, -0.05) is 0 Å². The first-order chi connectivity index (χ1) is 11.1. The van der Waals surface area contributed by atoms with E-state index in [4.69, 9.17) is 0 Å². The van der Waals surface area contributed by atoms with Gasteiger partial charge in [-0.15, -0.1) is 0 Å². The summed E-state index contributed by atoms with van der Waals surface area (Å²) in [4.78, 5) is 6.35. The summed E-state index contributed by atoms with van der Waals surface area (Å²) in [6.45, 7) is 2.34. The van der Waals surface area contributed by atoms with Crippen molar-refractivity contribution in [3.8, 4) is 0 Å². The summed E-state index contributed by atoms with van der Waals surface area (Å²) in [5.74, 6) is 0.357. The molecule has 1 fully saturated rings. The van der Waals surface area contributed by atoms with E-state index < -0.39 is 10.0 Å². The van der Waals surface area contributed by atoms with Crippen LogP contribution >= 0.6 is 0 Å². The van der Waals surface area contributed by atoms with E-state index in [0.717, 1.165) is 25.9 Å². The molecule has 124 valence electrons. The van der Waals surface area contributed by atoms with Gasteiger partial charge in [0, 0.05) is 44.8 Å². The third kappa shape index (κ3) is 3.70. The van der Waals surface area contributed by atoms with Crippen molar-refractivity contribution in [2.24, 2.45) is 13.0 Å². The minimum atomic E-state index is -3.48. The zero-order valence-electron chi connectivity index (χ0n) is 13.1. The summed E-state index contributed by atoms with van der Waals surface area (Å²) < 4.78 is 28.6. The number of nitrogens with one attached hydrogen (secondary N) is 1. The van der Waals surface area contributed by atoms with Crippen LogP contribution in [0.5, 0.6) is 0 Å². The average Bonchev–Trinajstić information content (AvgIpc) is 3.01. The first-order valence-electron chi connectivity index (χ1n) is 7.69. The Morgan fingerprint density at radius 1 is 1.17 bits per heavy atom. The molecule has 0 saturated carbocycles. The van der Waals surface area contributed by atoms with Crippen LogP contribution in [0.4, 0.5) is 5.69 Å². The topological polar surface area (TPSA) is 80.1 Å². The number of hydrogen-bond donors (Lipinski definition) is 1. The largest absolute Gasteiger partial charge is 0.371 e. The highest BCUT2D eigenvalue weighted by atomic mass is 32.2. The van der Waals surface area contributed by atoms with Crippen molar-refractivity contribution in [1.82, 2.24) is 19.5 Å². The number of sulfonamides is 1. The van der Waals surface area contributed by atoms with Gasteiger partial charge in [0.25, 0.3) is 10.0 Å². The maximum atomic E-state index is 12.3. The summed E-state index contributed by atoms with van der Waals surface area (Å²) in [5, 5.41) is 4.11. The van der Waals surface area contributed by atoms with E-state index in [9.17, 15) is 8.42 Å². The first kappa shape index (κ1) is 15.9. The number of nitrogens with zero attached hydrogens (tertiary/aromatic N) is 4. The Kier molecular flexibility index (Phi) is 4.63. The maximum Gasteiger partial charge on any atom is 0.257 e. The summed E-state index contributed by atoms with van der Waals surface area (Å²) in [7, 11) is -1.86. The highest BCUT2D eigenvalue weighted by molar-refractivity contribution is 7.89. The molecule has 3 heterocycles. The highest BCUT2D eigenvalue weighted by Crippen LogP contribution is 2.22. The molecule has 0 radical (unpaired) electrons. The van der Waals surface area contributed by atoms with Crippen LogP contribution in [0.15, 0.2) is 41.8 Å². The Morgan fingerprint density at radius 3 is 2.48 bits per heavy atom. The van der Waals surface area contributed by atoms with Crippen molar-refractivity contribution in [2.45, 2.75) is 17.9 Å². The molecule has 8 heteroatoms. The monoisotopic (exact) mass is 335 g/mol. The molecule has 3 rings (SSSR count). The average molecular weight is 335 g/mol. The van der Waals surface area contributed by atoms with Crippen molar-refractivity contribution in [2.75, 3.05) is 24.5 Å². The van der Waals surface area contributed by atoms with E-state index in [1.165, 1.54) is 22.6 Å². The molecule has 0 bridgehead atoms. The van der Waals surface area contributed by atoms with Gasteiger partial charge >= 0.3 is 0 Å². The van der Waals surface area contributed by atoms with Crippen LogP contribution in [0, 0.1) is 5.92 Å². The predicted octanol–water partition coefficient (Wildman–Crippen LogP) is 1.01. The van der Waals surface area contributed by atoms with Gasteiger partial charge in [-0.2, -0.15) is 5.10 Å². The van der Waals surface area contributed by atoms with Gasteiger partial charge in [0.2, 0.25) is 0 Å². The molecule has 0 aliphatic carbocycles. The molecule has 0 amide bonds. The lowest BCUT2D eigenvalue weighted by Gasteiger charge is -2.33. The van der Waals surface area contributed by atoms with Crippen LogP contribution < -0.4 is 9.62 Å². The highest BCUT2D eigenvalue weighted by Gasteiger charge is 2.23. The molecular weight excluding hydrogens is 314 g/mol. The number of anilines is 1. The Balaban J connectivity index is 1.53. The van der Waals surface area contributed by atoms with Crippen molar-refractivity contribution in [3.05, 3.63) is 36.8 Å². The second-order valence-electron chi connectivity index (χ2n) is 5.78. The standard InChI is InChI=1S/C15H21N5O2S/c1-19-15(4-9-17-19)23(21,22)18-12-13-5-10-20(11-6-13)14-2-7-16-8-3-14/h2-4,7-9,13,18H,5-6,10-12H2,1H3. The lowest BCUT2D eigenvalue weighted by atomic mass is 9.97. The predicted molar refractivity (Wildman–Crippen MR) is 87.6 cm³/mol. The van der Waals surface area contributed by atoms with E-state index >= 15 is 0 Å². The molecule has 0 aromatic carbocycles. The molecule has 23 heavy (non-hydrogen) atoms. The Labute approximate surface area is 136 Å². The number of piperidine rings is 1. The Bertz CT molecular complexity index is 736. The molecule has 1 aliphatic heterocycles. The van der Waals surface area contributed by atoms with Crippen LogP contribution in [-0.2, 0) is 17.1 Å². The molecule has 0 unspecified atom stereocenters. The fourth-order valence-electron chi connectivity index (χ4n) is 2.88. The molecule has 7 nitrogen and oxygen atoms in total. The van der Waals surface area contributed by atoms with Crippen LogP contribution in [0.1, 0.15) is 12.8 Å². The molecular formula is C15H21N5O2S. The van der Waals surface area contributed by atoms with Gasteiger partial charge < -0.3 is 4.90 Å². The van der Waals surface area contributed by atoms with Crippen molar-refractivity contribution in [1.29, 1.82) is 0 Å². The van der Waals surface area contributed by atoms with Crippen LogP contribution in [0.2, 0.25) is 0 Å². The number of rotatable bonds is 5. The molecule has 0 spiro atoms. The third-order valence-electron chi connectivity index (χ3n) is 4.26. The maximum absolute atomic E-state index is 12.3. The smallest absolute Gasteiger partial charge is 0.257 e. The minimum Gasteiger partial charge on any atom is -0.371 e. The van der Waals surface area contributed by atoms with Crippen LogP contribution in [-0.4, -0.2) is 42.8 Å². The summed E-state index contributed by atoms with van der Waals surface area (Å²) in [5.41, 5.74) is 1.17. The summed E-state index contributed by atoms with van der Waals surface area (Å²) in [6, 6.07) is 5.52. The van der Waals surface area contributed by atoms with E-state index in [2.05, 4.69) is 19.7 Å². The van der Waals surface area contributed by atoms with Gasteiger partial charge in [-0.3, -0.25) is 9.67 Å². The first-order valence-corrected chi connectivity index (χ1v) is 9.17. The quantitative estimate of drug-likeness (QED) is 0.882. The number of hydrogen-bond acceptors (Lipinski definition) is 5. The lowest BCUT2D eigenvalue weighted by molar-refractivity contribution is 0.401. The Morgan fingerprint density at radius 2 is 1.87 bits per heavy atom. The number of aryl methyl sites for hydroxylation is 1. The van der Waals surface area contributed by atoms with Crippen molar-refractivity contribution < 1.29 is 8.42 Å². The molecule has 1 N–H and O–H groups in total. The van der Waals surface area contributed by atoms with Crippen LogP contribution in [0.3, 0.4) is 0 Å². The van der Waals surface area contributed by atoms with E-state index in [-0.39, 0.29) is 5.03 Å². The fraction of sp³-hybridized carbons (Fsp3) is 0.467. The van der Waals surface area contributed by atoms with E-state index in [1.807, 2.05) is 12.1 Å². The molecule has 0 atom stereocenters. The molecule has 1 saturated heterocycles. The van der Waals surface area contributed by atoms with Crippen molar-refractivity contribution >= 4 is 15.7 Å². The van der Waals surface area contributed by atoms with Gasteiger partial charge in [0.1, 0.15) is 0 Å². The van der Waals surface area contributed by atoms with Gasteiger partial charge in [-0.25, -0.2) is 13.1 Å². The fourth-order valence-corrected chi connectivity index (χ4v) is 4.12. The molecule has 2 aromatic heterocycles. The van der Waals surface area contributed by atoms with Gasteiger partial charge in [-0.05, 0) is 37.0 Å². The summed E-state index contributed by atoms with van der Waals surface area (Å²) >= 11 is 0. The normalized spacial score (nSPS) is 16.7. The Hall–Kier alpha value is -1.93. The number of pyridine rings is 1. The zero-order valence-corrected chi connectivity index (χ0v) is 13.9. The number of aromatic nitrogens is 3. The SMILES string of the molecule is Cn1nccc1S(=O)(=O)NCC1CCN(c2ccncc2)CC1. The van der Waals surface area contributed by atoms with Gasteiger partial charge in [0.05, 0.1) is 6.20 Å². The second-order valence-corrected chi connectivity index (χ2v) is 7.49. The van der Waals surface area contributed by atoms with E-state index in [1.54, 1.807) is 19.4 Å². The second kappa shape index (κ2) is 6.67. The molecule has 2 aromatic rings. The third-order valence-corrected chi connectivity index (χ3v) is 5.75. The van der Waals surface area contributed by atoms with E-state index in [0.29, 0.717) is 12.5 Å². The van der Waals surface area contributed by atoms with Crippen LogP contribution in [0.25, 0.3) is 0 Å². The molecule has 1 aliphatic rings. The summed E-state index contributed by atoms with van der Waals surface area (Å²) in [6.07, 6.45) is 7.01. The van der Waals surface area contributed by atoms with Crippen molar-refractivity contribution in [3.63, 3.8) is 0 Å².